The summed E-state index contributed by atoms with van der Waals surface area (Å²) in [6.07, 6.45) is 0.856. The van der Waals surface area contributed by atoms with Crippen LogP contribution in [-0.2, 0) is 11.3 Å². The zero-order valence-corrected chi connectivity index (χ0v) is 12.9. The van der Waals surface area contributed by atoms with E-state index in [0.717, 1.165) is 17.2 Å². The number of nitrogens with one attached hydrogen (secondary N) is 2. The first-order valence-corrected chi connectivity index (χ1v) is 7.61. The van der Waals surface area contributed by atoms with Crippen molar-refractivity contribution in [2.24, 2.45) is 0 Å². The number of aryl methyl sites for hydroxylation is 1. The van der Waals surface area contributed by atoms with Gasteiger partial charge in [0.1, 0.15) is 0 Å². The van der Waals surface area contributed by atoms with Gasteiger partial charge < -0.3 is 14.8 Å². The van der Waals surface area contributed by atoms with Crippen LogP contribution in [0.5, 0.6) is 11.5 Å². The Morgan fingerprint density at radius 2 is 1.92 bits per heavy atom. The first-order chi connectivity index (χ1) is 11.6. The van der Waals surface area contributed by atoms with Gasteiger partial charge in [0.2, 0.25) is 5.91 Å². The van der Waals surface area contributed by atoms with Crippen LogP contribution in [0.3, 0.4) is 0 Å². The molecular formula is C16H17N3O5. The van der Waals surface area contributed by atoms with E-state index in [9.17, 15) is 14.4 Å². The van der Waals surface area contributed by atoms with Crippen molar-refractivity contribution < 1.29 is 14.3 Å². The Hall–Kier alpha value is -3.03. The van der Waals surface area contributed by atoms with Gasteiger partial charge in [-0.3, -0.25) is 19.5 Å². The number of aromatic nitrogens is 2. The molecule has 0 bridgehead atoms. The molecule has 1 aliphatic rings. The van der Waals surface area contributed by atoms with E-state index in [2.05, 4.69) is 10.4 Å². The molecule has 2 aromatic rings. The summed E-state index contributed by atoms with van der Waals surface area (Å²) in [6.45, 7) is 1.25. The molecule has 0 radical (unpaired) electrons. The van der Waals surface area contributed by atoms with Gasteiger partial charge in [0.25, 0.3) is 11.1 Å². The van der Waals surface area contributed by atoms with Crippen LogP contribution in [0.2, 0.25) is 0 Å². The predicted molar refractivity (Wildman–Crippen MR) is 86.6 cm³/mol. The average molecular weight is 331 g/mol. The SMILES string of the molecule is O=C(CCn1[nH]c(=O)ccc1=O)Nc1ccc2c(c1)OCCCO2. The number of rotatable bonds is 4. The number of nitrogens with zero attached hydrogens (tertiary/aromatic N) is 1. The van der Waals surface area contributed by atoms with Crippen LogP contribution in [0.15, 0.2) is 39.9 Å². The topological polar surface area (TPSA) is 102 Å². The van der Waals surface area contributed by atoms with Gasteiger partial charge in [0.15, 0.2) is 11.5 Å². The summed E-state index contributed by atoms with van der Waals surface area (Å²) in [7, 11) is 0. The third-order valence-electron chi connectivity index (χ3n) is 3.48. The molecule has 0 saturated heterocycles. The maximum Gasteiger partial charge on any atom is 0.265 e. The van der Waals surface area contributed by atoms with E-state index in [1.807, 2.05) is 0 Å². The van der Waals surface area contributed by atoms with Gasteiger partial charge >= 0.3 is 0 Å². The first kappa shape index (κ1) is 15.9. The van der Waals surface area contributed by atoms with Crippen LogP contribution < -0.4 is 25.9 Å². The smallest absolute Gasteiger partial charge is 0.265 e. The fourth-order valence-electron chi connectivity index (χ4n) is 2.31. The highest BCUT2D eigenvalue weighted by molar-refractivity contribution is 5.91. The lowest BCUT2D eigenvalue weighted by Gasteiger charge is -2.10. The third kappa shape index (κ3) is 3.83. The van der Waals surface area contributed by atoms with Crippen molar-refractivity contribution in [2.45, 2.75) is 19.4 Å². The fourth-order valence-corrected chi connectivity index (χ4v) is 2.31. The van der Waals surface area contributed by atoms with Gasteiger partial charge in [-0.1, -0.05) is 0 Å². The van der Waals surface area contributed by atoms with Crippen LogP contribution in [0.1, 0.15) is 12.8 Å². The molecule has 2 N–H and O–H groups in total. The molecule has 1 amide bonds. The Morgan fingerprint density at radius 3 is 2.75 bits per heavy atom. The number of H-pyrrole nitrogens is 1. The number of hydrogen-bond acceptors (Lipinski definition) is 5. The lowest BCUT2D eigenvalue weighted by Crippen LogP contribution is -2.29. The number of hydrogen-bond donors (Lipinski definition) is 2. The molecule has 3 rings (SSSR count). The minimum atomic E-state index is -0.391. The zero-order chi connectivity index (χ0) is 16.9. The average Bonchev–Trinajstić information content (AvgIpc) is 2.80. The molecule has 0 fully saturated rings. The van der Waals surface area contributed by atoms with Crippen molar-refractivity contribution in [1.82, 2.24) is 9.78 Å². The van der Waals surface area contributed by atoms with Crippen LogP contribution in [0, 0.1) is 0 Å². The molecule has 1 aliphatic heterocycles. The molecular weight excluding hydrogens is 314 g/mol. The summed E-state index contributed by atoms with van der Waals surface area (Å²) in [5.41, 5.74) is -0.172. The lowest BCUT2D eigenvalue weighted by molar-refractivity contribution is -0.116. The van der Waals surface area contributed by atoms with Gasteiger partial charge in [0.05, 0.1) is 19.8 Å². The number of benzene rings is 1. The summed E-state index contributed by atoms with van der Waals surface area (Å²) in [6, 6.07) is 7.49. The maximum absolute atomic E-state index is 12.0. The summed E-state index contributed by atoms with van der Waals surface area (Å²) >= 11 is 0. The number of amides is 1. The monoisotopic (exact) mass is 331 g/mol. The van der Waals surface area contributed by atoms with E-state index >= 15 is 0 Å². The molecule has 8 nitrogen and oxygen atoms in total. The highest BCUT2D eigenvalue weighted by Gasteiger charge is 2.12. The Labute approximate surface area is 137 Å². The first-order valence-electron chi connectivity index (χ1n) is 7.61. The molecule has 8 heteroatoms. The molecule has 0 spiro atoms. The summed E-state index contributed by atoms with van der Waals surface area (Å²) in [4.78, 5) is 34.8. The number of aromatic amines is 1. The van der Waals surface area contributed by atoms with E-state index in [1.54, 1.807) is 18.2 Å². The van der Waals surface area contributed by atoms with Crippen molar-refractivity contribution in [3.05, 3.63) is 51.0 Å². The number of ether oxygens (including phenoxy) is 2. The minimum absolute atomic E-state index is 0.0499. The molecule has 1 aromatic heterocycles. The van der Waals surface area contributed by atoms with E-state index in [1.165, 1.54) is 6.07 Å². The van der Waals surface area contributed by atoms with Gasteiger partial charge in [-0.25, -0.2) is 4.68 Å². The number of anilines is 1. The van der Waals surface area contributed by atoms with E-state index in [4.69, 9.17) is 9.47 Å². The molecule has 0 unspecified atom stereocenters. The van der Waals surface area contributed by atoms with Crippen LogP contribution in [0.4, 0.5) is 5.69 Å². The number of carbonyl (C=O) groups is 1. The van der Waals surface area contributed by atoms with E-state index in [-0.39, 0.29) is 24.4 Å². The van der Waals surface area contributed by atoms with Gasteiger partial charge in [-0.15, -0.1) is 0 Å². The summed E-state index contributed by atoms with van der Waals surface area (Å²) < 4.78 is 12.2. The van der Waals surface area contributed by atoms with Gasteiger partial charge in [-0.05, 0) is 12.1 Å². The lowest BCUT2D eigenvalue weighted by atomic mass is 10.2. The molecule has 1 aromatic carbocycles. The summed E-state index contributed by atoms with van der Waals surface area (Å²) in [5.74, 6) is 0.967. The van der Waals surface area contributed by atoms with Crippen molar-refractivity contribution in [3.8, 4) is 11.5 Å². The second-order valence-corrected chi connectivity index (χ2v) is 5.31. The molecule has 2 heterocycles. The molecule has 24 heavy (non-hydrogen) atoms. The standard InChI is InChI=1S/C16H17N3O5/c20-14(6-7-19-16(22)5-4-15(21)18-19)17-11-2-3-12-13(10-11)24-9-1-8-23-12/h2-5,10H,1,6-9H2,(H,17,20)(H,18,21). The number of fused-ring (bicyclic) bond motifs is 1. The molecule has 0 saturated carbocycles. The van der Waals surface area contributed by atoms with Crippen molar-refractivity contribution >= 4 is 11.6 Å². The maximum atomic E-state index is 12.0. The van der Waals surface area contributed by atoms with Crippen LogP contribution in [-0.4, -0.2) is 28.9 Å². The summed E-state index contributed by atoms with van der Waals surface area (Å²) in [5, 5.41) is 5.11. The third-order valence-corrected chi connectivity index (χ3v) is 3.48. The Balaban J connectivity index is 1.62. The second kappa shape index (κ2) is 7.03. The van der Waals surface area contributed by atoms with Crippen molar-refractivity contribution in [3.63, 3.8) is 0 Å². The Kier molecular flexibility index (Phi) is 4.64. The van der Waals surface area contributed by atoms with Crippen molar-refractivity contribution in [2.75, 3.05) is 18.5 Å². The Morgan fingerprint density at radius 1 is 1.12 bits per heavy atom. The highest BCUT2D eigenvalue weighted by atomic mass is 16.5. The fraction of sp³-hybridized carbons (Fsp3) is 0.312. The molecule has 0 aliphatic carbocycles. The predicted octanol–water partition coefficient (Wildman–Crippen LogP) is 0.727. The normalized spacial score (nSPS) is 13.2. The quantitative estimate of drug-likeness (QED) is 0.860. The minimum Gasteiger partial charge on any atom is -0.490 e. The zero-order valence-electron chi connectivity index (χ0n) is 12.9. The van der Waals surface area contributed by atoms with Gasteiger partial charge in [-0.2, -0.15) is 0 Å². The largest absolute Gasteiger partial charge is 0.490 e. The number of carbonyl (C=O) groups excluding carboxylic acids is 1. The van der Waals surface area contributed by atoms with Crippen molar-refractivity contribution in [1.29, 1.82) is 0 Å². The van der Waals surface area contributed by atoms with E-state index in [0.29, 0.717) is 30.4 Å². The molecule has 126 valence electrons. The second-order valence-electron chi connectivity index (χ2n) is 5.31. The Bertz CT molecular complexity index is 855. The highest BCUT2D eigenvalue weighted by Crippen LogP contribution is 2.32. The molecule has 0 atom stereocenters. The van der Waals surface area contributed by atoms with Crippen LogP contribution in [0.25, 0.3) is 0 Å². The van der Waals surface area contributed by atoms with E-state index < -0.39 is 5.56 Å². The van der Waals surface area contributed by atoms with Crippen LogP contribution >= 0.6 is 0 Å². The van der Waals surface area contributed by atoms with Gasteiger partial charge in [0, 0.05) is 36.7 Å².